The zero-order valence-corrected chi connectivity index (χ0v) is 18.5. The lowest BCUT2D eigenvalue weighted by Gasteiger charge is -2.37. The second-order valence-electron chi connectivity index (χ2n) is 7.93. The number of hydrogen-bond donors (Lipinski definition) is 0. The van der Waals surface area contributed by atoms with Crippen LogP contribution in [-0.4, -0.2) is 31.1 Å². The summed E-state index contributed by atoms with van der Waals surface area (Å²) < 4.78 is 2.18. The third kappa shape index (κ3) is 2.81. The summed E-state index contributed by atoms with van der Waals surface area (Å²) in [6, 6.07) is 10.9. The van der Waals surface area contributed by atoms with Crippen LogP contribution in [0.4, 0.5) is 5.69 Å². The van der Waals surface area contributed by atoms with Gasteiger partial charge in [-0.1, -0.05) is 23.2 Å². The van der Waals surface area contributed by atoms with Crippen molar-refractivity contribution in [3.63, 3.8) is 0 Å². The maximum absolute atomic E-state index is 6.39. The second-order valence-corrected chi connectivity index (χ2v) is 8.78. The predicted octanol–water partition coefficient (Wildman–Crippen LogP) is 5.09. The number of aryl methyl sites for hydroxylation is 2. The molecule has 1 aliphatic rings. The molecule has 2 aromatic heterocycles. The number of imidazole rings is 1. The van der Waals surface area contributed by atoms with E-state index in [4.69, 9.17) is 28.2 Å². The molecule has 0 amide bonds. The molecule has 0 N–H and O–H groups in total. The van der Waals surface area contributed by atoms with Gasteiger partial charge in [0.05, 0.1) is 34.7 Å². The molecule has 8 heteroatoms. The maximum Gasteiger partial charge on any atom is 0.135 e. The molecule has 0 bridgehead atoms. The largest absolute Gasteiger partial charge is 0.357 e. The van der Waals surface area contributed by atoms with E-state index in [1.807, 2.05) is 25.1 Å². The van der Waals surface area contributed by atoms with Gasteiger partial charge >= 0.3 is 0 Å². The van der Waals surface area contributed by atoms with Crippen molar-refractivity contribution in [1.29, 1.82) is 0 Å². The molecule has 30 heavy (non-hydrogen) atoms. The van der Waals surface area contributed by atoms with E-state index in [-0.39, 0.29) is 5.54 Å². The highest BCUT2D eigenvalue weighted by Gasteiger charge is 2.43. The van der Waals surface area contributed by atoms with Gasteiger partial charge in [-0.25, -0.2) is 4.98 Å². The lowest BCUT2D eigenvalue weighted by Crippen LogP contribution is -2.41. The van der Waals surface area contributed by atoms with E-state index in [9.17, 15) is 0 Å². The Balaban J connectivity index is 1.70. The standard InChI is InChI=1S/C22H21Cl2N6/c1-14-16(24)6-8-18-20(14)27-21(28(18)3)22(2)9-4-12-29(22)19-13-15(23)5-7-17(19)30-25-10-11-26-30/h5-6,8,10-11,13H,4,9,12H2,1-3H3/t22-/m0/s1. The molecule has 1 fully saturated rings. The molecule has 153 valence electrons. The first kappa shape index (κ1) is 19.4. The zero-order chi connectivity index (χ0) is 21.0. The Kier molecular flexibility index (Phi) is 4.52. The Labute approximate surface area is 185 Å². The van der Waals surface area contributed by atoms with E-state index in [0.29, 0.717) is 5.02 Å². The number of fused-ring (bicyclic) bond motifs is 1. The molecule has 1 saturated heterocycles. The number of anilines is 1. The fourth-order valence-corrected chi connectivity index (χ4v) is 4.89. The van der Waals surface area contributed by atoms with Crippen LogP contribution in [-0.2, 0) is 12.6 Å². The van der Waals surface area contributed by atoms with Crippen LogP contribution in [0.1, 0.15) is 31.2 Å². The van der Waals surface area contributed by atoms with Gasteiger partial charge in [0, 0.05) is 29.7 Å². The van der Waals surface area contributed by atoms with Crippen molar-refractivity contribution in [2.24, 2.45) is 7.05 Å². The minimum absolute atomic E-state index is 0.326. The van der Waals surface area contributed by atoms with Gasteiger partial charge in [-0.3, -0.25) is 0 Å². The van der Waals surface area contributed by atoms with E-state index in [1.54, 1.807) is 23.3 Å². The van der Waals surface area contributed by atoms with Gasteiger partial charge in [-0.15, -0.1) is 4.80 Å². The van der Waals surface area contributed by atoms with E-state index >= 15 is 0 Å². The normalized spacial score (nSPS) is 19.2. The Morgan fingerprint density at radius 2 is 1.93 bits per heavy atom. The molecule has 0 aliphatic carbocycles. The molecular weight excluding hydrogens is 419 g/mol. The Bertz CT molecular complexity index is 1250. The molecule has 4 aromatic rings. The average molecular weight is 440 g/mol. The summed E-state index contributed by atoms with van der Waals surface area (Å²) in [6.07, 6.45) is 5.33. The minimum Gasteiger partial charge on any atom is -0.357 e. The molecule has 5 rings (SSSR count). The summed E-state index contributed by atoms with van der Waals surface area (Å²) >= 11 is 12.8. The number of hydrogen-bond acceptors (Lipinski definition) is 4. The smallest absolute Gasteiger partial charge is 0.135 e. The van der Waals surface area contributed by atoms with Crippen LogP contribution in [0.15, 0.2) is 36.7 Å². The SMILES string of the molecule is Cc1c(Cl)ccc2c1nc([C@]1(C)CCCN1c1cc(Cl)c[c]c1-n1nccn1)n2C. The van der Waals surface area contributed by atoms with Gasteiger partial charge in [0.1, 0.15) is 11.5 Å². The fourth-order valence-electron chi connectivity index (χ4n) is 4.58. The van der Waals surface area contributed by atoms with Crippen LogP contribution < -0.4 is 4.90 Å². The van der Waals surface area contributed by atoms with Crippen LogP contribution in [0.25, 0.3) is 16.7 Å². The predicted molar refractivity (Wildman–Crippen MR) is 120 cm³/mol. The number of nitrogens with zero attached hydrogens (tertiary/aromatic N) is 6. The Hall–Kier alpha value is -2.57. The Morgan fingerprint density at radius 1 is 1.17 bits per heavy atom. The van der Waals surface area contributed by atoms with Crippen molar-refractivity contribution in [2.75, 3.05) is 11.4 Å². The van der Waals surface area contributed by atoms with Crippen molar-refractivity contribution >= 4 is 39.9 Å². The third-order valence-corrected chi connectivity index (χ3v) is 6.76. The number of benzene rings is 2. The molecule has 1 aliphatic heterocycles. The highest BCUT2D eigenvalue weighted by molar-refractivity contribution is 6.32. The first-order valence-corrected chi connectivity index (χ1v) is 10.6. The summed E-state index contributed by atoms with van der Waals surface area (Å²) in [5.41, 5.74) is 4.41. The number of halogens is 2. The summed E-state index contributed by atoms with van der Waals surface area (Å²) in [6.45, 7) is 5.13. The highest BCUT2D eigenvalue weighted by atomic mass is 35.5. The van der Waals surface area contributed by atoms with Gasteiger partial charge in [-0.2, -0.15) is 10.2 Å². The number of rotatable bonds is 3. The lowest BCUT2D eigenvalue weighted by atomic mass is 9.96. The van der Waals surface area contributed by atoms with Gasteiger partial charge in [0.15, 0.2) is 0 Å². The molecule has 6 nitrogen and oxygen atoms in total. The van der Waals surface area contributed by atoms with Crippen molar-refractivity contribution in [1.82, 2.24) is 24.5 Å². The van der Waals surface area contributed by atoms with Gasteiger partial charge in [0.25, 0.3) is 0 Å². The van der Waals surface area contributed by atoms with Crippen LogP contribution >= 0.6 is 23.2 Å². The van der Waals surface area contributed by atoms with Gasteiger partial charge < -0.3 is 9.47 Å². The molecule has 1 radical (unpaired) electrons. The van der Waals surface area contributed by atoms with E-state index in [2.05, 4.69) is 39.7 Å². The quantitative estimate of drug-likeness (QED) is 0.446. The minimum atomic E-state index is -0.326. The zero-order valence-electron chi connectivity index (χ0n) is 17.0. The summed E-state index contributed by atoms with van der Waals surface area (Å²) in [5.74, 6) is 1.000. The summed E-state index contributed by atoms with van der Waals surface area (Å²) in [5, 5.41) is 9.98. The van der Waals surface area contributed by atoms with Crippen LogP contribution in [0.2, 0.25) is 10.0 Å². The molecular formula is C22H21Cl2N6. The van der Waals surface area contributed by atoms with E-state index in [1.165, 1.54) is 0 Å². The van der Waals surface area contributed by atoms with Crippen molar-refractivity contribution in [3.05, 3.63) is 64.2 Å². The van der Waals surface area contributed by atoms with E-state index in [0.717, 1.165) is 58.2 Å². The highest BCUT2D eigenvalue weighted by Crippen LogP contribution is 2.44. The first-order valence-electron chi connectivity index (χ1n) is 9.88. The molecule has 0 unspecified atom stereocenters. The van der Waals surface area contributed by atoms with Crippen LogP contribution in [0, 0.1) is 13.0 Å². The van der Waals surface area contributed by atoms with Crippen LogP contribution in [0.5, 0.6) is 0 Å². The third-order valence-electron chi connectivity index (χ3n) is 6.14. The van der Waals surface area contributed by atoms with Crippen LogP contribution in [0.3, 0.4) is 0 Å². The summed E-state index contributed by atoms with van der Waals surface area (Å²) in [4.78, 5) is 9.01. The Morgan fingerprint density at radius 3 is 2.70 bits per heavy atom. The molecule has 3 heterocycles. The molecule has 2 aromatic carbocycles. The topological polar surface area (TPSA) is 51.8 Å². The summed E-state index contributed by atoms with van der Waals surface area (Å²) in [7, 11) is 2.07. The van der Waals surface area contributed by atoms with Crippen molar-refractivity contribution in [3.8, 4) is 5.69 Å². The molecule has 0 spiro atoms. The average Bonchev–Trinajstić information content (AvgIpc) is 3.45. The van der Waals surface area contributed by atoms with Gasteiger partial charge in [-0.05, 0) is 56.5 Å². The molecule has 1 atom stereocenters. The second kappa shape index (κ2) is 7.00. The van der Waals surface area contributed by atoms with Crippen molar-refractivity contribution in [2.45, 2.75) is 32.2 Å². The fraction of sp³-hybridized carbons (Fsp3) is 0.318. The lowest BCUT2D eigenvalue weighted by molar-refractivity contribution is 0.447. The maximum atomic E-state index is 6.39. The molecule has 0 saturated carbocycles. The van der Waals surface area contributed by atoms with Gasteiger partial charge in [0.2, 0.25) is 0 Å². The van der Waals surface area contributed by atoms with E-state index < -0.39 is 0 Å². The van der Waals surface area contributed by atoms with Crippen molar-refractivity contribution < 1.29 is 0 Å². The first-order chi connectivity index (χ1) is 14.4. The number of aromatic nitrogens is 5. The monoisotopic (exact) mass is 439 g/mol.